The first kappa shape index (κ1) is 11.0. The maximum Gasteiger partial charge on any atom is 0.130 e. The minimum atomic E-state index is -0.594. The largest absolute Gasteiger partial charge is 0.496 e. The lowest BCUT2D eigenvalue weighted by atomic mass is 10.0. The zero-order chi connectivity index (χ0) is 10.7. The highest BCUT2D eigenvalue weighted by molar-refractivity contribution is 5.43. The lowest BCUT2D eigenvalue weighted by Gasteiger charge is -2.16. The Morgan fingerprint density at radius 1 is 1.07 bits per heavy atom. The molecule has 0 aliphatic rings. The average Bonchev–Trinajstić information content (AvgIpc) is 2.16. The summed E-state index contributed by atoms with van der Waals surface area (Å²) < 4.78 is 5.18. The predicted octanol–water partition coefficient (Wildman–Crippen LogP) is 1.80. The summed E-state index contributed by atoms with van der Waals surface area (Å²) >= 11 is 0. The van der Waals surface area contributed by atoms with Crippen LogP contribution in [-0.4, -0.2) is 17.3 Å². The number of ether oxygens (including phenoxy) is 1. The standard InChI is InChI=1S/C11H16O3/c1-7(12)9-5-4-6-10(8(2)13)11(9)14-3/h4-8,12-13H,1-3H3. The van der Waals surface area contributed by atoms with Gasteiger partial charge in [0.1, 0.15) is 5.75 Å². The fourth-order valence-corrected chi connectivity index (χ4v) is 1.47. The molecule has 3 nitrogen and oxygen atoms in total. The van der Waals surface area contributed by atoms with Gasteiger partial charge in [-0.15, -0.1) is 0 Å². The molecule has 1 aromatic carbocycles. The molecule has 78 valence electrons. The van der Waals surface area contributed by atoms with Gasteiger partial charge >= 0.3 is 0 Å². The molecule has 0 saturated heterocycles. The predicted molar refractivity (Wildman–Crippen MR) is 54.3 cm³/mol. The SMILES string of the molecule is COc1c(C(C)O)cccc1C(C)O. The lowest BCUT2D eigenvalue weighted by Crippen LogP contribution is -2.02. The second kappa shape index (κ2) is 4.44. The number of aliphatic hydroxyl groups is 2. The van der Waals surface area contributed by atoms with Crippen LogP contribution in [0.2, 0.25) is 0 Å². The van der Waals surface area contributed by atoms with Gasteiger partial charge in [-0.05, 0) is 13.8 Å². The van der Waals surface area contributed by atoms with Crippen LogP contribution in [0.3, 0.4) is 0 Å². The molecule has 0 spiro atoms. The van der Waals surface area contributed by atoms with E-state index in [1.807, 2.05) is 0 Å². The number of para-hydroxylation sites is 1. The topological polar surface area (TPSA) is 49.7 Å². The van der Waals surface area contributed by atoms with Crippen LogP contribution in [0.4, 0.5) is 0 Å². The highest BCUT2D eigenvalue weighted by Gasteiger charge is 2.15. The number of hydrogen-bond donors (Lipinski definition) is 2. The van der Waals surface area contributed by atoms with Crippen molar-refractivity contribution >= 4 is 0 Å². The highest BCUT2D eigenvalue weighted by Crippen LogP contribution is 2.32. The summed E-state index contributed by atoms with van der Waals surface area (Å²) in [6.07, 6.45) is -1.19. The van der Waals surface area contributed by atoms with Gasteiger partial charge in [0, 0.05) is 11.1 Å². The number of aliphatic hydroxyl groups excluding tert-OH is 2. The van der Waals surface area contributed by atoms with Crippen molar-refractivity contribution in [3.8, 4) is 5.75 Å². The van der Waals surface area contributed by atoms with Gasteiger partial charge in [-0.3, -0.25) is 0 Å². The first-order valence-electron chi connectivity index (χ1n) is 4.60. The number of benzene rings is 1. The zero-order valence-corrected chi connectivity index (χ0v) is 8.69. The lowest BCUT2D eigenvalue weighted by molar-refractivity contribution is 0.183. The van der Waals surface area contributed by atoms with Crippen LogP contribution >= 0.6 is 0 Å². The molecule has 14 heavy (non-hydrogen) atoms. The Kier molecular flexibility index (Phi) is 3.49. The molecule has 1 rings (SSSR count). The van der Waals surface area contributed by atoms with Gasteiger partial charge in [0.15, 0.2) is 0 Å². The van der Waals surface area contributed by atoms with E-state index in [1.54, 1.807) is 32.0 Å². The summed E-state index contributed by atoms with van der Waals surface area (Å²) in [4.78, 5) is 0. The quantitative estimate of drug-likeness (QED) is 0.775. The molecule has 2 unspecified atom stereocenters. The second-order valence-corrected chi connectivity index (χ2v) is 3.32. The Bertz CT molecular complexity index is 279. The summed E-state index contributed by atoms with van der Waals surface area (Å²) in [6.45, 7) is 3.34. The van der Waals surface area contributed by atoms with Crippen molar-refractivity contribution in [1.82, 2.24) is 0 Å². The molecule has 0 aliphatic heterocycles. The van der Waals surface area contributed by atoms with Crippen LogP contribution in [0.25, 0.3) is 0 Å². The third-order valence-electron chi connectivity index (χ3n) is 2.18. The second-order valence-electron chi connectivity index (χ2n) is 3.32. The third kappa shape index (κ3) is 2.05. The average molecular weight is 196 g/mol. The van der Waals surface area contributed by atoms with E-state index in [1.165, 1.54) is 7.11 Å². The number of hydrogen-bond acceptors (Lipinski definition) is 3. The van der Waals surface area contributed by atoms with E-state index in [2.05, 4.69) is 0 Å². The molecule has 3 heteroatoms. The van der Waals surface area contributed by atoms with Gasteiger partial charge in [-0.2, -0.15) is 0 Å². The Labute approximate surface area is 84.0 Å². The van der Waals surface area contributed by atoms with E-state index < -0.39 is 12.2 Å². The molecule has 0 bridgehead atoms. The van der Waals surface area contributed by atoms with E-state index in [4.69, 9.17) is 4.74 Å². The normalized spacial score (nSPS) is 14.9. The minimum absolute atomic E-state index is 0.567. The Balaban J connectivity index is 3.25. The smallest absolute Gasteiger partial charge is 0.130 e. The first-order chi connectivity index (χ1) is 6.57. The van der Waals surface area contributed by atoms with E-state index in [0.717, 1.165) is 0 Å². The molecule has 0 aromatic heterocycles. The fraction of sp³-hybridized carbons (Fsp3) is 0.455. The van der Waals surface area contributed by atoms with Crippen LogP contribution in [0.1, 0.15) is 37.2 Å². The van der Waals surface area contributed by atoms with Crippen molar-refractivity contribution in [1.29, 1.82) is 0 Å². The van der Waals surface area contributed by atoms with Crippen molar-refractivity contribution in [3.63, 3.8) is 0 Å². The fourth-order valence-electron chi connectivity index (χ4n) is 1.47. The van der Waals surface area contributed by atoms with E-state index in [9.17, 15) is 10.2 Å². The summed E-state index contributed by atoms with van der Waals surface area (Å²) in [5.41, 5.74) is 1.40. The van der Waals surface area contributed by atoms with Crippen molar-refractivity contribution in [3.05, 3.63) is 29.3 Å². The molecule has 0 amide bonds. The Hall–Kier alpha value is -1.06. The number of methoxy groups -OCH3 is 1. The summed E-state index contributed by atoms with van der Waals surface area (Å²) in [5, 5.41) is 19.0. The van der Waals surface area contributed by atoms with Crippen LogP contribution < -0.4 is 4.74 Å². The molecule has 2 atom stereocenters. The molecular weight excluding hydrogens is 180 g/mol. The summed E-state index contributed by atoms with van der Waals surface area (Å²) in [5.74, 6) is 0.567. The molecule has 0 fully saturated rings. The van der Waals surface area contributed by atoms with E-state index in [0.29, 0.717) is 16.9 Å². The van der Waals surface area contributed by atoms with E-state index in [-0.39, 0.29) is 0 Å². The number of rotatable bonds is 3. The van der Waals surface area contributed by atoms with Crippen LogP contribution in [0, 0.1) is 0 Å². The Morgan fingerprint density at radius 3 is 1.79 bits per heavy atom. The molecule has 0 radical (unpaired) electrons. The van der Waals surface area contributed by atoms with Crippen LogP contribution in [0.15, 0.2) is 18.2 Å². The van der Waals surface area contributed by atoms with Gasteiger partial charge < -0.3 is 14.9 Å². The highest BCUT2D eigenvalue weighted by atomic mass is 16.5. The van der Waals surface area contributed by atoms with Gasteiger partial charge in [-0.25, -0.2) is 0 Å². The summed E-state index contributed by atoms with van der Waals surface area (Å²) in [7, 11) is 1.53. The van der Waals surface area contributed by atoms with Crippen molar-refractivity contribution in [2.45, 2.75) is 26.1 Å². The van der Waals surface area contributed by atoms with Crippen molar-refractivity contribution in [2.24, 2.45) is 0 Å². The minimum Gasteiger partial charge on any atom is -0.496 e. The van der Waals surface area contributed by atoms with Gasteiger partial charge in [0.2, 0.25) is 0 Å². The van der Waals surface area contributed by atoms with E-state index >= 15 is 0 Å². The maximum absolute atomic E-state index is 9.48. The molecule has 0 heterocycles. The monoisotopic (exact) mass is 196 g/mol. The molecule has 0 saturated carbocycles. The van der Waals surface area contributed by atoms with Crippen LogP contribution in [0.5, 0.6) is 5.75 Å². The summed E-state index contributed by atoms with van der Waals surface area (Å²) in [6, 6.07) is 5.37. The maximum atomic E-state index is 9.48. The molecule has 1 aromatic rings. The zero-order valence-electron chi connectivity index (χ0n) is 8.69. The van der Waals surface area contributed by atoms with Gasteiger partial charge in [0.25, 0.3) is 0 Å². The van der Waals surface area contributed by atoms with Crippen molar-refractivity contribution in [2.75, 3.05) is 7.11 Å². The Morgan fingerprint density at radius 2 is 1.50 bits per heavy atom. The van der Waals surface area contributed by atoms with Gasteiger partial charge in [-0.1, -0.05) is 18.2 Å². The third-order valence-corrected chi connectivity index (χ3v) is 2.18. The first-order valence-corrected chi connectivity index (χ1v) is 4.60. The molecule has 2 N–H and O–H groups in total. The van der Waals surface area contributed by atoms with Crippen LogP contribution in [-0.2, 0) is 0 Å². The van der Waals surface area contributed by atoms with Gasteiger partial charge in [0.05, 0.1) is 19.3 Å². The molecular formula is C11H16O3. The molecule has 0 aliphatic carbocycles. The van der Waals surface area contributed by atoms with Crippen molar-refractivity contribution < 1.29 is 14.9 Å².